The summed E-state index contributed by atoms with van der Waals surface area (Å²) in [6.07, 6.45) is -0.146. The molecule has 2 aromatic rings. The van der Waals surface area contributed by atoms with Gasteiger partial charge in [0.05, 0.1) is 24.8 Å². The minimum atomic E-state index is -1.00. The maximum Gasteiger partial charge on any atom is 0.265 e. The van der Waals surface area contributed by atoms with E-state index >= 15 is 0 Å². The Balaban J connectivity index is 1.70. The fraction of sp³-hybridized carbons (Fsp3) is 0.318. The lowest BCUT2D eigenvalue weighted by molar-refractivity contribution is -0.175. The van der Waals surface area contributed by atoms with Crippen LogP contribution in [0.2, 0.25) is 0 Å². The number of anilines is 1. The number of hydroxylamine groups is 2. The number of nitrogens with two attached hydrogens (primary N) is 1. The summed E-state index contributed by atoms with van der Waals surface area (Å²) in [6, 6.07) is 13.8. The Morgan fingerprint density at radius 3 is 2.30 bits per heavy atom. The number of methoxy groups -OCH3 is 1. The van der Waals surface area contributed by atoms with Crippen molar-refractivity contribution >= 4 is 23.4 Å². The van der Waals surface area contributed by atoms with Gasteiger partial charge >= 0.3 is 0 Å². The average Bonchev–Trinajstić information content (AvgIpc) is 3.23. The third-order valence-electron chi connectivity index (χ3n) is 5.57. The second-order valence-corrected chi connectivity index (χ2v) is 7.34. The zero-order valence-corrected chi connectivity index (χ0v) is 16.8. The molecule has 156 valence electrons. The molecule has 8 nitrogen and oxygen atoms in total. The van der Waals surface area contributed by atoms with Gasteiger partial charge in [-0.15, -0.1) is 0 Å². The van der Waals surface area contributed by atoms with Crippen molar-refractivity contribution < 1.29 is 24.0 Å². The molecule has 3 amide bonds. The molecule has 3 atom stereocenters. The number of carbonyl (C=O) groups excluding carboxylic acids is 3. The van der Waals surface area contributed by atoms with Gasteiger partial charge < -0.3 is 10.5 Å². The van der Waals surface area contributed by atoms with Gasteiger partial charge in [-0.25, -0.2) is 4.90 Å². The number of carbonyl (C=O) groups is 3. The summed E-state index contributed by atoms with van der Waals surface area (Å²) in [5, 5.41) is 1.34. The van der Waals surface area contributed by atoms with E-state index in [2.05, 4.69) is 0 Å². The highest BCUT2D eigenvalue weighted by Gasteiger charge is 2.60. The first-order chi connectivity index (χ1) is 14.4. The van der Waals surface area contributed by atoms with Gasteiger partial charge in [-0.3, -0.25) is 19.2 Å². The molecule has 3 unspecified atom stereocenters. The molecule has 8 heteroatoms. The molecule has 2 aliphatic rings. The van der Waals surface area contributed by atoms with E-state index in [-0.39, 0.29) is 12.5 Å². The summed E-state index contributed by atoms with van der Waals surface area (Å²) < 4.78 is 5.19. The second-order valence-electron chi connectivity index (χ2n) is 7.34. The van der Waals surface area contributed by atoms with Crippen LogP contribution in [0.1, 0.15) is 24.1 Å². The van der Waals surface area contributed by atoms with Gasteiger partial charge in [0.25, 0.3) is 5.91 Å². The second kappa shape index (κ2) is 7.89. The Labute approximate surface area is 174 Å². The summed E-state index contributed by atoms with van der Waals surface area (Å²) in [4.78, 5) is 44.9. The van der Waals surface area contributed by atoms with Gasteiger partial charge in [0.2, 0.25) is 11.8 Å². The normalized spacial score (nSPS) is 23.7. The minimum absolute atomic E-state index is 0.227. The van der Waals surface area contributed by atoms with E-state index in [1.54, 1.807) is 43.5 Å². The van der Waals surface area contributed by atoms with E-state index in [0.717, 1.165) is 17.5 Å². The van der Waals surface area contributed by atoms with Crippen LogP contribution < -0.4 is 15.4 Å². The Bertz CT molecular complexity index is 973. The summed E-state index contributed by atoms with van der Waals surface area (Å²) >= 11 is 0. The van der Waals surface area contributed by atoms with Gasteiger partial charge in [-0.05, 0) is 41.8 Å². The number of amides is 3. The van der Waals surface area contributed by atoms with Crippen molar-refractivity contribution in [3.05, 3.63) is 59.7 Å². The van der Waals surface area contributed by atoms with Crippen molar-refractivity contribution in [1.82, 2.24) is 5.06 Å². The van der Waals surface area contributed by atoms with E-state index in [1.807, 2.05) is 19.1 Å². The van der Waals surface area contributed by atoms with Crippen molar-refractivity contribution in [3.8, 4) is 5.75 Å². The number of ether oxygens (including phenoxy) is 1. The van der Waals surface area contributed by atoms with Gasteiger partial charge in [-0.1, -0.05) is 31.2 Å². The number of nitrogens with zero attached hydrogens (tertiary/aromatic N) is 2. The van der Waals surface area contributed by atoms with Crippen LogP contribution in [0.25, 0.3) is 0 Å². The molecule has 0 saturated carbocycles. The van der Waals surface area contributed by atoms with Crippen LogP contribution in [0.15, 0.2) is 48.5 Å². The lowest BCUT2D eigenvalue weighted by Gasteiger charge is -2.26. The monoisotopic (exact) mass is 409 g/mol. The van der Waals surface area contributed by atoms with Crippen molar-refractivity contribution in [1.29, 1.82) is 0 Å². The average molecular weight is 409 g/mol. The Morgan fingerprint density at radius 1 is 1.07 bits per heavy atom. The predicted octanol–water partition coefficient (Wildman–Crippen LogP) is 1.59. The SMILES string of the molecule is CCc1ccc(N2C(=O)C3ON(CC(N)=O)C(c4ccc(OC)cc4)C3C2=O)cc1. The first kappa shape index (κ1) is 20.1. The maximum absolute atomic E-state index is 13.3. The number of benzene rings is 2. The number of fused-ring (bicyclic) bond motifs is 1. The quantitative estimate of drug-likeness (QED) is 0.727. The van der Waals surface area contributed by atoms with Crippen molar-refractivity contribution in [3.63, 3.8) is 0 Å². The number of hydrogen-bond donors (Lipinski definition) is 1. The molecule has 2 N–H and O–H groups in total. The molecule has 30 heavy (non-hydrogen) atoms. The van der Waals surface area contributed by atoms with Crippen molar-refractivity contribution in [2.75, 3.05) is 18.6 Å². The molecule has 0 aromatic heterocycles. The highest BCUT2D eigenvalue weighted by Crippen LogP contribution is 2.45. The topological polar surface area (TPSA) is 102 Å². The van der Waals surface area contributed by atoms with Gasteiger partial charge in [0, 0.05) is 0 Å². The van der Waals surface area contributed by atoms with E-state index in [9.17, 15) is 14.4 Å². The lowest BCUT2D eigenvalue weighted by atomic mass is 9.91. The van der Waals surface area contributed by atoms with Crippen LogP contribution in [0.4, 0.5) is 5.69 Å². The fourth-order valence-corrected chi connectivity index (χ4v) is 4.07. The number of primary amides is 1. The highest BCUT2D eigenvalue weighted by atomic mass is 16.7. The van der Waals surface area contributed by atoms with Crippen molar-refractivity contribution in [2.24, 2.45) is 11.7 Å². The molecule has 0 bridgehead atoms. The van der Waals surface area contributed by atoms with Crippen LogP contribution in [0.3, 0.4) is 0 Å². The lowest BCUT2D eigenvalue weighted by Crippen LogP contribution is -2.40. The van der Waals surface area contributed by atoms with Crippen LogP contribution in [0, 0.1) is 5.92 Å². The minimum Gasteiger partial charge on any atom is -0.497 e. The molecular weight excluding hydrogens is 386 g/mol. The summed E-state index contributed by atoms with van der Waals surface area (Å²) in [7, 11) is 1.56. The molecule has 2 aromatic carbocycles. The Morgan fingerprint density at radius 2 is 1.73 bits per heavy atom. The Kier molecular flexibility index (Phi) is 5.27. The predicted molar refractivity (Wildman–Crippen MR) is 108 cm³/mol. The summed E-state index contributed by atoms with van der Waals surface area (Å²) in [6.45, 7) is 1.81. The molecule has 0 radical (unpaired) electrons. The molecule has 0 aliphatic carbocycles. The number of hydrogen-bond acceptors (Lipinski definition) is 6. The molecule has 2 heterocycles. The van der Waals surface area contributed by atoms with Crippen LogP contribution in [-0.2, 0) is 25.6 Å². The number of imide groups is 1. The molecular formula is C22H23N3O5. The fourth-order valence-electron chi connectivity index (χ4n) is 4.07. The largest absolute Gasteiger partial charge is 0.497 e. The van der Waals surface area contributed by atoms with Crippen LogP contribution in [0.5, 0.6) is 5.75 Å². The van der Waals surface area contributed by atoms with Gasteiger partial charge in [0.15, 0.2) is 6.10 Å². The zero-order chi connectivity index (χ0) is 21.4. The molecule has 0 spiro atoms. The van der Waals surface area contributed by atoms with E-state index in [0.29, 0.717) is 11.4 Å². The van der Waals surface area contributed by atoms with Crippen LogP contribution >= 0.6 is 0 Å². The highest BCUT2D eigenvalue weighted by molar-refractivity contribution is 6.23. The summed E-state index contributed by atoms with van der Waals surface area (Å²) in [5.74, 6) is -1.54. The number of aryl methyl sites for hydroxylation is 1. The van der Waals surface area contributed by atoms with Crippen LogP contribution in [-0.4, -0.2) is 42.5 Å². The third-order valence-corrected chi connectivity index (χ3v) is 5.57. The van der Waals surface area contributed by atoms with E-state index < -0.39 is 29.9 Å². The number of rotatable bonds is 6. The molecule has 2 saturated heterocycles. The molecule has 2 aliphatic heterocycles. The zero-order valence-electron chi connectivity index (χ0n) is 16.8. The van der Waals surface area contributed by atoms with Crippen molar-refractivity contribution in [2.45, 2.75) is 25.5 Å². The first-order valence-corrected chi connectivity index (χ1v) is 9.77. The molecule has 4 rings (SSSR count). The summed E-state index contributed by atoms with van der Waals surface area (Å²) in [5.41, 5.74) is 7.71. The third kappa shape index (κ3) is 3.34. The van der Waals surface area contributed by atoms with Gasteiger partial charge in [0.1, 0.15) is 12.3 Å². The maximum atomic E-state index is 13.3. The standard InChI is InChI=1S/C22H23N3O5/c1-3-13-4-8-15(9-5-13)25-21(27)18-19(14-6-10-16(29-2)11-7-14)24(12-17(23)26)30-20(18)22(25)28/h4-11,18-20H,3,12H2,1-2H3,(H2,23,26). The smallest absolute Gasteiger partial charge is 0.265 e. The first-order valence-electron chi connectivity index (χ1n) is 9.77. The van der Waals surface area contributed by atoms with E-state index in [1.165, 1.54) is 9.96 Å². The van der Waals surface area contributed by atoms with Gasteiger partial charge in [-0.2, -0.15) is 5.06 Å². The molecule has 2 fully saturated rings. The Hall–Kier alpha value is -3.23. The van der Waals surface area contributed by atoms with E-state index in [4.69, 9.17) is 15.3 Å².